The molecule has 0 spiro atoms. The molecule has 1 atom stereocenters. The highest BCUT2D eigenvalue weighted by Crippen LogP contribution is 2.31. The van der Waals surface area contributed by atoms with Gasteiger partial charge in [-0.2, -0.15) is 0 Å². The van der Waals surface area contributed by atoms with Gasteiger partial charge in [-0.3, -0.25) is 0 Å². The summed E-state index contributed by atoms with van der Waals surface area (Å²) in [5.74, 6) is 0.510. The normalized spacial score (nSPS) is 15.3. The first-order valence-corrected chi connectivity index (χ1v) is 5.53. The van der Waals surface area contributed by atoms with Gasteiger partial charge >= 0.3 is 0 Å². The summed E-state index contributed by atoms with van der Waals surface area (Å²) in [5.41, 5.74) is 4.90. The number of nitrogens with two attached hydrogens (primary N) is 1. The lowest BCUT2D eigenvalue weighted by Crippen LogP contribution is -2.30. The average Bonchev–Trinajstić information content (AvgIpc) is 2.27. The Morgan fingerprint density at radius 2 is 1.87 bits per heavy atom. The van der Waals surface area contributed by atoms with E-state index in [0.29, 0.717) is 17.9 Å². The SMILES string of the molecule is CC(C)CCC(F)(CN)c1ccccc1. The molecule has 84 valence electrons. The molecular formula is C13H20FN. The summed E-state index contributed by atoms with van der Waals surface area (Å²) < 4.78 is 14.5. The first kappa shape index (κ1) is 12.2. The molecule has 1 rings (SSSR count). The van der Waals surface area contributed by atoms with Gasteiger partial charge in [0, 0.05) is 6.54 Å². The number of rotatable bonds is 5. The van der Waals surface area contributed by atoms with Gasteiger partial charge in [0.2, 0.25) is 0 Å². The number of halogens is 1. The molecule has 2 N–H and O–H groups in total. The van der Waals surface area contributed by atoms with E-state index in [2.05, 4.69) is 13.8 Å². The zero-order chi connectivity index (χ0) is 11.3. The van der Waals surface area contributed by atoms with E-state index in [4.69, 9.17) is 5.73 Å². The van der Waals surface area contributed by atoms with Gasteiger partial charge in [0.05, 0.1) is 0 Å². The minimum absolute atomic E-state index is 0.0593. The third kappa shape index (κ3) is 3.31. The van der Waals surface area contributed by atoms with E-state index in [0.717, 1.165) is 6.42 Å². The second-order valence-corrected chi connectivity index (χ2v) is 4.47. The Balaban J connectivity index is 2.76. The molecule has 0 radical (unpaired) electrons. The molecule has 1 aromatic carbocycles. The first-order chi connectivity index (χ1) is 7.08. The zero-order valence-electron chi connectivity index (χ0n) is 9.54. The number of hydrogen-bond donors (Lipinski definition) is 1. The largest absolute Gasteiger partial charge is 0.327 e. The summed E-state index contributed by atoms with van der Waals surface area (Å²) in [6.45, 7) is 4.26. The molecule has 1 unspecified atom stereocenters. The van der Waals surface area contributed by atoms with Gasteiger partial charge in [-0.15, -0.1) is 0 Å². The van der Waals surface area contributed by atoms with Crippen molar-refractivity contribution >= 4 is 0 Å². The molecule has 0 saturated carbocycles. The van der Waals surface area contributed by atoms with Gasteiger partial charge < -0.3 is 5.73 Å². The number of alkyl halides is 1. The highest BCUT2D eigenvalue weighted by molar-refractivity contribution is 5.22. The lowest BCUT2D eigenvalue weighted by molar-refractivity contribution is 0.150. The zero-order valence-corrected chi connectivity index (χ0v) is 9.54. The van der Waals surface area contributed by atoms with Crippen molar-refractivity contribution in [3.8, 4) is 0 Å². The molecule has 0 saturated heterocycles. The van der Waals surface area contributed by atoms with Gasteiger partial charge in [0.15, 0.2) is 0 Å². The van der Waals surface area contributed by atoms with Crippen molar-refractivity contribution in [3.05, 3.63) is 35.9 Å². The lowest BCUT2D eigenvalue weighted by Gasteiger charge is -2.25. The van der Waals surface area contributed by atoms with Gasteiger partial charge in [0.1, 0.15) is 5.67 Å². The lowest BCUT2D eigenvalue weighted by atomic mass is 9.88. The molecule has 0 aliphatic heterocycles. The molecule has 0 bridgehead atoms. The van der Waals surface area contributed by atoms with Crippen molar-refractivity contribution in [1.29, 1.82) is 0 Å². The third-order valence-electron chi connectivity index (χ3n) is 2.73. The van der Waals surface area contributed by atoms with Crippen LogP contribution in [0.3, 0.4) is 0 Å². The fraction of sp³-hybridized carbons (Fsp3) is 0.538. The summed E-state index contributed by atoms with van der Waals surface area (Å²) in [4.78, 5) is 0. The van der Waals surface area contributed by atoms with Crippen LogP contribution < -0.4 is 5.73 Å². The monoisotopic (exact) mass is 209 g/mol. The predicted octanol–water partition coefficient (Wildman–Crippen LogP) is 3.25. The topological polar surface area (TPSA) is 26.0 Å². The van der Waals surface area contributed by atoms with E-state index in [1.807, 2.05) is 30.3 Å². The Bertz CT molecular complexity index is 284. The second kappa shape index (κ2) is 5.26. The minimum Gasteiger partial charge on any atom is -0.327 e. The molecule has 0 amide bonds. The molecule has 1 nitrogen and oxygen atoms in total. The average molecular weight is 209 g/mol. The molecule has 0 fully saturated rings. The summed E-state index contributed by atoms with van der Waals surface area (Å²) >= 11 is 0. The summed E-state index contributed by atoms with van der Waals surface area (Å²) in [6.07, 6.45) is 1.37. The van der Waals surface area contributed by atoms with Crippen LogP contribution in [-0.4, -0.2) is 6.54 Å². The van der Waals surface area contributed by atoms with Crippen molar-refractivity contribution in [2.75, 3.05) is 6.54 Å². The van der Waals surface area contributed by atoms with Crippen LogP contribution in [0.4, 0.5) is 4.39 Å². The van der Waals surface area contributed by atoms with Crippen molar-refractivity contribution in [3.63, 3.8) is 0 Å². The second-order valence-electron chi connectivity index (χ2n) is 4.47. The van der Waals surface area contributed by atoms with Crippen LogP contribution in [0.25, 0.3) is 0 Å². The fourth-order valence-corrected chi connectivity index (χ4v) is 1.62. The highest BCUT2D eigenvalue weighted by atomic mass is 19.1. The van der Waals surface area contributed by atoms with Gasteiger partial charge in [-0.05, 0) is 24.3 Å². The minimum atomic E-state index is -1.36. The number of benzene rings is 1. The van der Waals surface area contributed by atoms with Crippen molar-refractivity contribution in [2.24, 2.45) is 11.7 Å². The van der Waals surface area contributed by atoms with Gasteiger partial charge in [0.25, 0.3) is 0 Å². The molecule has 2 heteroatoms. The Morgan fingerprint density at radius 1 is 1.27 bits per heavy atom. The van der Waals surface area contributed by atoms with E-state index in [9.17, 15) is 4.39 Å². The molecule has 15 heavy (non-hydrogen) atoms. The van der Waals surface area contributed by atoms with E-state index in [-0.39, 0.29) is 6.54 Å². The smallest absolute Gasteiger partial charge is 0.148 e. The standard InChI is InChI=1S/C13H20FN/c1-11(2)8-9-13(14,10-15)12-6-4-3-5-7-12/h3-7,11H,8-10,15H2,1-2H3. The van der Waals surface area contributed by atoms with Crippen LogP contribution in [0.2, 0.25) is 0 Å². The quantitative estimate of drug-likeness (QED) is 0.791. The number of hydrogen-bond acceptors (Lipinski definition) is 1. The molecule has 0 aromatic heterocycles. The van der Waals surface area contributed by atoms with Gasteiger partial charge in [-0.1, -0.05) is 44.2 Å². The Hall–Kier alpha value is -0.890. The van der Waals surface area contributed by atoms with Crippen molar-refractivity contribution in [1.82, 2.24) is 0 Å². The van der Waals surface area contributed by atoms with E-state index < -0.39 is 5.67 Å². The van der Waals surface area contributed by atoms with Crippen LogP contribution in [-0.2, 0) is 5.67 Å². The van der Waals surface area contributed by atoms with Crippen LogP contribution >= 0.6 is 0 Å². The maximum absolute atomic E-state index is 14.5. The van der Waals surface area contributed by atoms with Crippen molar-refractivity contribution < 1.29 is 4.39 Å². The molecule has 1 aromatic rings. The maximum atomic E-state index is 14.5. The molecule has 0 aliphatic carbocycles. The third-order valence-corrected chi connectivity index (χ3v) is 2.73. The van der Waals surface area contributed by atoms with E-state index in [1.165, 1.54) is 0 Å². The Kier molecular flexibility index (Phi) is 4.28. The summed E-state index contributed by atoms with van der Waals surface area (Å²) in [7, 11) is 0. The Labute approximate surface area is 91.5 Å². The van der Waals surface area contributed by atoms with Crippen LogP contribution in [0.15, 0.2) is 30.3 Å². The molecule has 0 aliphatic rings. The van der Waals surface area contributed by atoms with E-state index in [1.54, 1.807) is 0 Å². The predicted molar refractivity (Wildman–Crippen MR) is 62.4 cm³/mol. The summed E-state index contributed by atoms with van der Waals surface area (Å²) in [5, 5.41) is 0. The molecule has 0 heterocycles. The highest BCUT2D eigenvalue weighted by Gasteiger charge is 2.29. The van der Waals surface area contributed by atoms with Crippen LogP contribution in [0, 0.1) is 5.92 Å². The maximum Gasteiger partial charge on any atom is 0.148 e. The van der Waals surface area contributed by atoms with Gasteiger partial charge in [-0.25, -0.2) is 4.39 Å². The van der Waals surface area contributed by atoms with E-state index >= 15 is 0 Å². The molecular weight excluding hydrogens is 189 g/mol. The first-order valence-electron chi connectivity index (χ1n) is 5.53. The summed E-state index contributed by atoms with van der Waals surface area (Å²) in [6, 6.07) is 9.23. The van der Waals surface area contributed by atoms with Crippen LogP contribution in [0.5, 0.6) is 0 Å². The van der Waals surface area contributed by atoms with Crippen molar-refractivity contribution in [2.45, 2.75) is 32.4 Å². The van der Waals surface area contributed by atoms with Crippen LogP contribution in [0.1, 0.15) is 32.3 Å². The fourth-order valence-electron chi connectivity index (χ4n) is 1.62. The Morgan fingerprint density at radius 3 is 2.33 bits per heavy atom.